The van der Waals surface area contributed by atoms with Crippen molar-refractivity contribution < 1.29 is 31.1 Å². The van der Waals surface area contributed by atoms with E-state index in [9.17, 15) is 31.1 Å². The molecule has 2 atom stereocenters. The van der Waals surface area contributed by atoms with E-state index in [4.69, 9.17) is 0 Å². The largest absolute Gasteiger partial charge is 0.416 e. The van der Waals surface area contributed by atoms with Gasteiger partial charge in [-0.05, 0) is 92.5 Å². The fourth-order valence-electron chi connectivity index (χ4n) is 5.67. The number of carbonyl (C=O) groups is 1. The van der Waals surface area contributed by atoms with Gasteiger partial charge in [-0.15, -0.1) is 0 Å². The van der Waals surface area contributed by atoms with Crippen molar-refractivity contribution in [2.24, 2.45) is 17.8 Å². The van der Waals surface area contributed by atoms with Crippen LogP contribution in [0.5, 0.6) is 0 Å². The van der Waals surface area contributed by atoms with Crippen molar-refractivity contribution in [3.05, 3.63) is 76.4 Å². The van der Waals surface area contributed by atoms with Gasteiger partial charge in [-0.3, -0.25) is 4.79 Å². The number of amides is 1. The molecule has 0 radical (unpaired) electrons. The van der Waals surface area contributed by atoms with Crippen LogP contribution in [-0.2, 0) is 23.7 Å². The second-order valence-electron chi connectivity index (χ2n) is 10.4. The number of allylic oxidation sites excluding steroid dienone is 1. The van der Waals surface area contributed by atoms with Crippen molar-refractivity contribution in [1.29, 1.82) is 0 Å². The summed E-state index contributed by atoms with van der Waals surface area (Å²) in [7, 11) is 0. The standard InChI is InChI=1S/C29H31F6NO/c30-28(31,32)25-15-23(16-26(17-25)29(33,34)35)18-36-27(37)24-11-10-22(14-24)13-21-8-6-20(7-9-21)12-19-4-2-1-3-5-19/h1-5,12,15-17,21-22,24H,6-11,13-14,18H2,(H,36,37)/t21?,22-,24-/m0/s1. The van der Waals surface area contributed by atoms with Gasteiger partial charge < -0.3 is 5.32 Å². The first-order chi connectivity index (χ1) is 17.5. The van der Waals surface area contributed by atoms with Gasteiger partial charge >= 0.3 is 12.4 Å². The van der Waals surface area contributed by atoms with E-state index in [0.29, 0.717) is 36.8 Å². The Labute approximate surface area is 213 Å². The van der Waals surface area contributed by atoms with E-state index in [1.165, 1.54) is 11.1 Å². The number of alkyl halides is 6. The molecule has 200 valence electrons. The van der Waals surface area contributed by atoms with E-state index in [2.05, 4.69) is 23.5 Å². The summed E-state index contributed by atoms with van der Waals surface area (Å²) in [6, 6.07) is 11.7. The van der Waals surface area contributed by atoms with Gasteiger partial charge in [-0.25, -0.2) is 0 Å². The average Bonchev–Trinajstić information content (AvgIpc) is 3.32. The lowest BCUT2D eigenvalue weighted by atomic mass is 9.79. The van der Waals surface area contributed by atoms with Gasteiger partial charge in [-0.1, -0.05) is 42.0 Å². The Morgan fingerprint density at radius 2 is 1.46 bits per heavy atom. The van der Waals surface area contributed by atoms with Crippen LogP contribution in [0, 0.1) is 17.8 Å². The van der Waals surface area contributed by atoms with Crippen molar-refractivity contribution in [2.75, 3.05) is 0 Å². The van der Waals surface area contributed by atoms with E-state index in [0.717, 1.165) is 38.5 Å². The Morgan fingerprint density at radius 1 is 0.838 bits per heavy atom. The zero-order chi connectivity index (χ0) is 26.6. The van der Waals surface area contributed by atoms with Gasteiger partial charge in [0.15, 0.2) is 0 Å². The molecule has 8 heteroatoms. The molecule has 2 aromatic rings. The molecular formula is C29H31F6NO. The smallest absolute Gasteiger partial charge is 0.352 e. The third-order valence-electron chi connectivity index (χ3n) is 7.61. The maximum Gasteiger partial charge on any atom is 0.416 e. The molecule has 0 aliphatic heterocycles. The van der Waals surface area contributed by atoms with Crippen molar-refractivity contribution in [3.8, 4) is 0 Å². The average molecular weight is 524 g/mol. The van der Waals surface area contributed by atoms with E-state index >= 15 is 0 Å². The molecule has 2 saturated carbocycles. The van der Waals surface area contributed by atoms with Crippen LogP contribution < -0.4 is 5.32 Å². The minimum atomic E-state index is -4.91. The molecule has 0 spiro atoms. The minimum Gasteiger partial charge on any atom is -0.352 e. The van der Waals surface area contributed by atoms with Gasteiger partial charge in [0.1, 0.15) is 0 Å². The molecule has 2 aliphatic rings. The van der Waals surface area contributed by atoms with Crippen molar-refractivity contribution in [3.63, 3.8) is 0 Å². The third-order valence-corrected chi connectivity index (χ3v) is 7.61. The van der Waals surface area contributed by atoms with Crippen LogP contribution in [0.1, 0.15) is 73.6 Å². The SMILES string of the molecule is O=C(NCc1cc(C(F)(F)F)cc(C(F)(F)F)c1)[C@H]1CC[C@@H](CC2CCC(=Cc3ccccc3)CC2)C1. The normalized spacial score (nSPS) is 22.6. The van der Waals surface area contributed by atoms with Gasteiger partial charge in [0.25, 0.3) is 0 Å². The van der Waals surface area contributed by atoms with Crippen LogP contribution in [0.3, 0.4) is 0 Å². The Bertz CT molecular complexity index is 1060. The molecule has 0 bridgehead atoms. The summed E-state index contributed by atoms with van der Waals surface area (Å²) in [6.45, 7) is -0.369. The van der Waals surface area contributed by atoms with E-state index < -0.39 is 23.5 Å². The molecule has 0 unspecified atom stereocenters. The highest BCUT2D eigenvalue weighted by atomic mass is 19.4. The molecule has 2 nitrogen and oxygen atoms in total. The lowest BCUT2D eigenvalue weighted by Gasteiger charge is -2.26. The number of hydrogen-bond donors (Lipinski definition) is 1. The van der Waals surface area contributed by atoms with Gasteiger partial charge in [0.2, 0.25) is 5.91 Å². The number of benzene rings is 2. The Morgan fingerprint density at radius 3 is 2.05 bits per heavy atom. The summed E-state index contributed by atoms with van der Waals surface area (Å²) in [5, 5.41) is 2.57. The molecule has 0 saturated heterocycles. The van der Waals surface area contributed by atoms with Crippen LogP contribution in [0.15, 0.2) is 54.1 Å². The van der Waals surface area contributed by atoms with Gasteiger partial charge in [0, 0.05) is 12.5 Å². The minimum absolute atomic E-state index is 0.0958. The highest BCUT2D eigenvalue weighted by molar-refractivity contribution is 5.78. The van der Waals surface area contributed by atoms with Crippen LogP contribution in [-0.4, -0.2) is 5.91 Å². The maximum atomic E-state index is 13.1. The molecule has 0 heterocycles. The first-order valence-electron chi connectivity index (χ1n) is 12.8. The summed E-state index contributed by atoms with van der Waals surface area (Å²) in [4.78, 5) is 12.7. The third kappa shape index (κ3) is 7.62. The van der Waals surface area contributed by atoms with Crippen molar-refractivity contribution >= 4 is 12.0 Å². The fourth-order valence-corrected chi connectivity index (χ4v) is 5.67. The molecule has 4 rings (SSSR count). The predicted octanol–water partition coefficient (Wildman–Crippen LogP) is 8.42. The van der Waals surface area contributed by atoms with Crippen LogP contribution in [0.25, 0.3) is 6.08 Å². The Balaban J connectivity index is 1.26. The summed E-state index contributed by atoms with van der Waals surface area (Å²) in [5.41, 5.74) is -0.273. The topological polar surface area (TPSA) is 29.1 Å². The van der Waals surface area contributed by atoms with Crippen LogP contribution in [0.2, 0.25) is 0 Å². The molecular weight excluding hydrogens is 492 g/mol. The maximum absolute atomic E-state index is 13.1. The van der Waals surface area contributed by atoms with E-state index in [-0.39, 0.29) is 30.0 Å². The lowest BCUT2D eigenvalue weighted by Crippen LogP contribution is -2.29. The summed E-state index contributed by atoms with van der Waals surface area (Å²) >= 11 is 0. The molecule has 2 aromatic carbocycles. The summed E-state index contributed by atoms with van der Waals surface area (Å²) < 4.78 is 78.5. The highest BCUT2D eigenvalue weighted by Crippen LogP contribution is 2.40. The summed E-state index contributed by atoms with van der Waals surface area (Å²) in [5.74, 6) is 0.483. The molecule has 1 amide bonds. The molecule has 37 heavy (non-hydrogen) atoms. The van der Waals surface area contributed by atoms with Gasteiger partial charge in [0.05, 0.1) is 11.1 Å². The molecule has 2 aliphatic carbocycles. The number of carbonyl (C=O) groups excluding carboxylic acids is 1. The first-order valence-corrected chi connectivity index (χ1v) is 12.8. The number of hydrogen-bond acceptors (Lipinski definition) is 1. The van der Waals surface area contributed by atoms with Crippen LogP contribution >= 0.6 is 0 Å². The molecule has 0 aromatic heterocycles. The monoisotopic (exact) mass is 523 g/mol. The number of halogens is 6. The Kier molecular flexibility index (Phi) is 8.34. The molecule has 2 fully saturated rings. The lowest BCUT2D eigenvalue weighted by molar-refractivity contribution is -0.143. The zero-order valence-corrected chi connectivity index (χ0v) is 20.5. The second-order valence-corrected chi connectivity index (χ2v) is 10.4. The quantitative estimate of drug-likeness (QED) is 0.379. The fraction of sp³-hybridized carbons (Fsp3) is 0.483. The van der Waals surface area contributed by atoms with E-state index in [1.54, 1.807) is 0 Å². The second kappa shape index (κ2) is 11.3. The van der Waals surface area contributed by atoms with Crippen LogP contribution in [0.4, 0.5) is 26.3 Å². The number of nitrogens with one attached hydrogen (secondary N) is 1. The first kappa shape index (κ1) is 27.3. The van der Waals surface area contributed by atoms with Crippen molar-refractivity contribution in [2.45, 2.75) is 70.3 Å². The Hall–Kier alpha value is -2.77. The molecule has 1 N–H and O–H groups in total. The number of rotatable bonds is 6. The highest BCUT2D eigenvalue weighted by Gasteiger charge is 2.37. The zero-order valence-electron chi connectivity index (χ0n) is 20.5. The predicted molar refractivity (Wildman–Crippen MR) is 130 cm³/mol. The van der Waals surface area contributed by atoms with Gasteiger partial charge in [-0.2, -0.15) is 26.3 Å². The van der Waals surface area contributed by atoms with E-state index in [1.807, 2.05) is 18.2 Å². The van der Waals surface area contributed by atoms with Crippen molar-refractivity contribution in [1.82, 2.24) is 5.32 Å². The summed E-state index contributed by atoms with van der Waals surface area (Å²) in [6.07, 6.45) is 0.255.